The van der Waals surface area contributed by atoms with Crippen LogP contribution in [0.3, 0.4) is 0 Å². The molecule has 16 heavy (non-hydrogen) atoms. The molecule has 0 aliphatic heterocycles. The van der Waals surface area contributed by atoms with E-state index < -0.39 is 0 Å². The van der Waals surface area contributed by atoms with Crippen LogP contribution in [0, 0.1) is 0 Å². The molecule has 0 bridgehead atoms. The molecule has 0 amide bonds. The predicted molar refractivity (Wildman–Crippen MR) is 71.9 cm³/mol. The van der Waals surface area contributed by atoms with Crippen LogP contribution in [0.4, 0.5) is 5.82 Å². The highest BCUT2D eigenvalue weighted by Gasteiger charge is 2.18. The zero-order chi connectivity index (χ0) is 12.3. The van der Waals surface area contributed by atoms with Gasteiger partial charge in [-0.25, -0.2) is 9.97 Å². The number of anilines is 1. The number of halogens is 2. The predicted octanol–water partition coefficient (Wildman–Crippen LogP) is 3.70. The van der Waals surface area contributed by atoms with Gasteiger partial charge in [-0.3, -0.25) is 0 Å². The van der Waals surface area contributed by atoms with Gasteiger partial charge < -0.3 is 5.32 Å². The number of nitrogens with one attached hydrogen (secondary N) is 1. The topological polar surface area (TPSA) is 37.8 Å². The number of hydrogen-bond donors (Lipinski definition) is 1. The number of hydrogen-bond acceptors (Lipinski definition) is 3. The van der Waals surface area contributed by atoms with Crippen molar-refractivity contribution in [2.75, 3.05) is 11.9 Å². The van der Waals surface area contributed by atoms with Crippen LogP contribution in [0.25, 0.3) is 0 Å². The highest BCUT2D eigenvalue weighted by atomic mass is 79.9. The Morgan fingerprint density at radius 3 is 2.62 bits per heavy atom. The summed E-state index contributed by atoms with van der Waals surface area (Å²) in [4.78, 5) is 8.77. The summed E-state index contributed by atoms with van der Waals surface area (Å²) in [7, 11) is 0. The third kappa shape index (κ3) is 4.10. The third-order valence-corrected chi connectivity index (χ3v) is 2.37. The summed E-state index contributed by atoms with van der Waals surface area (Å²) in [6.07, 6.45) is 0. The molecule has 0 saturated carbocycles. The molecule has 88 valence electrons. The molecule has 0 unspecified atom stereocenters. The van der Waals surface area contributed by atoms with Crippen LogP contribution in [0.1, 0.15) is 26.6 Å². The zero-order valence-corrected chi connectivity index (χ0v) is 12.0. The highest BCUT2D eigenvalue weighted by molar-refractivity contribution is 9.10. The Hall–Kier alpha value is -0.610. The van der Waals surface area contributed by atoms with Gasteiger partial charge in [-0.2, -0.15) is 0 Å². The van der Waals surface area contributed by atoms with Crippen LogP contribution in [0.15, 0.2) is 22.3 Å². The van der Waals surface area contributed by atoms with Crippen molar-refractivity contribution >= 4 is 33.3 Å². The summed E-state index contributed by atoms with van der Waals surface area (Å²) in [5.41, 5.74) is -0.0851. The molecular formula is C11H15BrClN3. The lowest BCUT2D eigenvalue weighted by Crippen LogP contribution is -2.17. The lowest BCUT2D eigenvalue weighted by molar-refractivity contribution is 0.544. The first-order valence-corrected chi connectivity index (χ1v) is 6.08. The number of nitrogens with zero attached hydrogens (tertiary/aromatic N) is 2. The molecule has 0 aliphatic carbocycles. The largest absolute Gasteiger partial charge is 0.365 e. The van der Waals surface area contributed by atoms with Crippen LogP contribution in [0.2, 0.25) is 0 Å². The van der Waals surface area contributed by atoms with E-state index in [1.165, 1.54) is 0 Å². The Bertz CT molecular complexity index is 399. The quantitative estimate of drug-likeness (QED) is 0.865. The second-order valence-corrected chi connectivity index (χ2v) is 5.87. The SMILES string of the molecule is C=C(Cl)CNc1cc(Br)nc(C(C)(C)C)n1. The van der Waals surface area contributed by atoms with E-state index in [2.05, 4.69) is 58.6 Å². The van der Waals surface area contributed by atoms with Gasteiger partial charge in [0.25, 0.3) is 0 Å². The Kier molecular flexibility index (Phi) is 4.33. The maximum atomic E-state index is 5.69. The van der Waals surface area contributed by atoms with Gasteiger partial charge in [0.15, 0.2) is 0 Å². The molecule has 0 radical (unpaired) electrons. The van der Waals surface area contributed by atoms with Gasteiger partial charge >= 0.3 is 0 Å². The van der Waals surface area contributed by atoms with Crippen LogP contribution < -0.4 is 5.32 Å². The van der Waals surface area contributed by atoms with Gasteiger partial charge in [0.1, 0.15) is 16.2 Å². The molecule has 0 aromatic carbocycles. The van der Waals surface area contributed by atoms with Crippen molar-refractivity contribution in [3.05, 3.63) is 28.1 Å². The zero-order valence-electron chi connectivity index (χ0n) is 9.64. The fourth-order valence-corrected chi connectivity index (χ4v) is 1.48. The lowest BCUT2D eigenvalue weighted by atomic mass is 9.96. The van der Waals surface area contributed by atoms with Crippen molar-refractivity contribution in [2.24, 2.45) is 0 Å². The van der Waals surface area contributed by atoms with Crippen molar-refractivity contribution in [1.29, 1.82) is 0 Å². The number of aromatic nitrogens is 2. The highest BCUT2D eigenvalue weighted by Crippen LogP contribution is 2.22. The van der Waals surface area contributed by atoms with E-state index in [0.29, 0.717) is 11.6 Å². The Balaban J connectivity index is 2.94. The summed E-state index contributed by atoms with van der Waals surface area (Å²) in [6, 6.07) is 1.81. The van der Waals surface area contributed by atoms with E-state index in [9.17, 15) is 0 Å². The molecule has 1 aromatic heterocycles. The number of rotatable bonds is 3. The van der Waals surface area contributed by atoms with Crippen molar-refractivity contribution in [2.45, 2.75) is 26.2 Å². The summed E-state index contributed by atoms with van der Waals surface area (Å²) in [6.45, 7) is 10.3. The van der Waals surface area contributed by atoms with Crippen molar-refractivity contribution < 1.29 is 0 Å². The average Bonchev–Trinajstić information content (AvgIpc) is 2.12. The monoisotopic (exact) mass is 303 g/mol. The molecule has 0 spiro atoms. The standard InChI is InChI=1S/C11H15BrClN3/c1-7(13)6-14-9-5-8(12)15-10(16-9)11(2,3)4/h5H,1,6H2,2-4H3,(H,14,15,16). The van der Waals surface area contributed by atoms with Crippen LogP contribution in [0.5, 0.6) is 0 Å². The molecule has 0 aliphatic rings. The molecule has 1 heterocycles. The lowest BCUT2D eigenvalue weighted by Gasteiger charge is -2.17. The van der Waals surface area contributed by atoms with E-state index in [-0.39, 0.29) is 5.41 Å². The van der Waals surface area contributed by atoms with Gasteiger partial charge in [0, 0.05) is 16.5 Å². The minimum atomic E-state index is -0.0851. The Labute approximate surface area is 109 Å². The first-order chi connectivity index (χ1) is 7.29. The fourth-order valence-electron chi connectivity index (χ4n) is 1.03. The van der Waals surface area contributed by atoms with E-state index in [0.717, 1.165) is 16.2 Å². The van der Waals surface area contributed by atoms with Crippen LogP contribution in [-0.4, -0.2) is 16.5 Å². The smallest absolute Gasteiger partial charge is 0.137 e. The minimum absolute atomic E-state index is 0.0851. The molecule has 1 rings (SSSR count). The van der Waals surface area contributed by atoms with Gasteiger partial charge in [0.2, 0.25) is 0 Å². The van der Waals surface area contributed by atoms with E-state index in [4.69, 9.17) is 11.6 Å². The first-order valence-electron chi connectivity index (χ1n) is 4.91. The fraction of sp³-hybridized carbons (Fsp3) is 0.455. The van der Waals surface area contributed by atoms with Crippen molar-refractivity contribution in [3.8, 4) is 0 Å². The Morgan fingerprint density at radius 1 is 1.50 bits per heavy atom. The maximum absolute atomic E-state index is 5.69. The molecule has 0 fully saturated rings. The van der Waals surface area contributed by atoms with Crippen LogP contribution in [-0.2, 0) is 5.41 Å². The molecule has 5 heteroatoms. The molecule has 0 saturated heterocycles. The Morgan fingerprint density at radius 2 is 2.12 bits per heavy atom. The normalized spacial score (nSPS) is 11.3. The minimum Gasteiger partial charge on any atom is -0.365 e. The first kappa shape index (κ1) is 13.5. The molecular weight excluding hydrogens is 289 g/mol. The molecule has 3 nitrogen and oxygen atoms in total. The van der Waals surface area contributed by atoms with Gasteiger partial charge in [-0.15, -0.1) is 0 Å². The third-order valence-electron chi connectivity index (χ3n) is 1.83. The van der Waals surface area contributed by atoms with Crippen molar-refractivity contribution in [3.63, 3.8) is 0 Å². The van der Waals surface area contributed by atoms with Crippen molar-refractivity contribution in [1.82, 2.24) is 9.97 Å². The van der Waals surface area contributed by atoms with Crippen LogP contribution >= 0.6 is 27.5 Å². The average molecular weight is 305 g/mol. The summed E-state index contributed by atoms with van der Waals surface area (Å²) in [5, 5.41) is 3.63. The van der Waals surface area contributed by atoms with Gasteiger partial charge in [-0.05, 0) is 15.9 Å². The molecule has 1 N–H and O–H groups in total. The van der Waals surface area contributed by atoms with E-state index in [1.807, 2.05) is 6.07 Å². The van der Waals surface area contributed by atoms with Gasteiger partial charge in [0.05, 0.1) is 6.54 Å². The second-order valence-electron chi connectivity index (χ2n) is 4.52. The van der Waals surface area contributed by atoms with Gasteiger partial charge in [-0.1, -0.05) is 39.0 Å². The summed E-state index contributed by atoms with van der Waals surface area (Å²) in [5.74, 6) is 1.53. The summed E-state index contributed by atoms with van der Waals surface area (Å²) < 4.78 is 0.759. The van der Waals surface area contributed by atoms with E-state index >= 15 is 0 Å². The maximum Gasteiger partial charge on any atom is 0.137 e. The summed E-state index contributed by atoms with van der Waals surface area (Å²) >= 11 is 9.05. The van der Waals surface area contributed by atoms with E-state index in [1.54, 1.807) is 0 Å². The molecule has 1 aromatic rings. The molecule has 0 atom stereocenters. The second kappa shape index (κ2) is 5.15.